The molecule has 2 atom stereocenters. The summed E-state index contributed by atoms with van der Waals surface area (Å²) < 4.78 is 10.3. The number of nitrogens with zero attached hydrogens (tertiary/aromatic N) is 2. The van der Waals surface area contributed by atoms with Gasteiger partial charge in [-0.15, -0.1) is 0 Å². The molecule has 0 radical (unpaired) electrons. The Morgan fingerprint density at radius 2 is 2.35 bits per heavy atom. The van der Waals surface area contributed by atoms with Crippen LogP contribution < -0.4 is 0 Å². The number of aliphatic hydroxyl groups is 1. The number of rotatable bonds is 2. The molecule has 20 heavy (non-hydrogen) atoms. The molecule has 1 fully saturated rings. The van der Waals surface area contributed by atoms with Crippen molar-refractivity contribution in [1.82, 2.24) is 10.1 Å². The lowest BCUT2D eigenvalue weighted by atomic mass is 9.96. The molecule has 3 heterocycles. The standard InChI is InChI=1S/C14H16N2O4/c1-9-4-5-16(8-11(9)17)14(18)10-7-13(20-15-10)12-3-2-6-19-12/h2-3,6-7,9,11,17H,4-5,8H2,1H3. The monoisotopic (exact) mass is 276 g/mol. The Balaban J connectivity index is 1.75. The van der Waals surface area contributed by atoms with Gasteiger partial charge in [-0.2, -0.15) is 0 Å². The number of piperidine rings is 1. The summed E-state index contributed by atoms with van der Waals surface area (Å²) in [7, 11) is 0. The van der Waals surface area contributed by atoms with Crippen molar-refractivity contribution in [2.45, 2.75) is 19.4 Å². The van der Waals surface area contributed by atoms with Crippen molar-refractivity contribution in [3.05, 3.63) is 30.2 Å². The van der Waals surface area contributed by atoms with E-state index in [1.165, 1.54) is 6.26 Å². The zero-order valence-electron chi connectivity index (χ0n) is 11.2. The van der Waals surface area contributed by atoms with Crippen LogP contribution in [-0.2, 0) is 0 Å². The zero-order chi connectivity index (χ0) is 14.1. The average molecular weight is 276 g/mol. The summed E-state index contributed by atoms with van der Waals surface area (Å²) >= 11 is 0. The van der Waals surface area contributed by atoms with Crippen LogP contribution in [0.3, 0.4) is 0 Å². The number of hydrogen-bond donors (Lipinski definition) is 1. The maximum atomic E-state index is 12.3. The van der Waals surface area contributed by atoms with Gasteiger partial charge in [0.1, 0.15) is 0 Å². The lowest BCUT2D eigenvalue weighted by Gasteiger charge is -2.33. The third-order valence-electron chi connectivity index (χ3n) is 3.70. The van der Waals surface area contributed by atoms with Gasteiger partial charge in [-0.1, -0.05) is 12.1 Å². The topological polar surface area (TPSA) is 79.7 Å². The molecule has 1 aliphatic rings. The van der Waals surface area contributed by atoms with E-state index in [0.717, 1.165) is 6.42 Å². The Bertz CT molecular complexity index is 590. The van der Waals surface area contributed by atoms with Crippen molar-refractivity contribution in [2.75, 3.05) is 13.1 Å². The Morgan fingerprint density at radius 1 is 1.50 bits per heavy atom. The quantitative estimate of drug-likeness (QED) is 0.904. The van der Waals surface area contributed by atoms with Gasteiger partial charge in [0.25, 0.3) is 5.91 Å². The van der Waals surface area contributed by atoms with Gasteiger partial charge in [0, 0.05) is 19.2 Å². The van der Waals surface area contributed by atoms with Crippen LogP contribution in [0.5, 0.6) is 0 Å². The smallest absolute Gasteiger partial charge is 0.276 e. The van der Waals surface area contributed by atoms with Crippen molar-refractivity contribution in [3.8, 4) is 11.5 Å². The average Bonchev–Trinajstić information content (AvgIpc) is 3.11. The Hall–Kier alpha value is -2.08. The minimum absolute atomic E-state index is 0.218. The summed E-state index contributed by atoms with van der Waals surface area (Å²) in [5.74, 6) is 0.945. The van der Waals surface area contributed by atoms with Crippen molar-refractivity contribution in [1.29, 1.82) is 0 Å². The number of β-amino-alcohol motifs (C(OH)–C–C–N with tert-alkyl or cyclic N) is 1. The van der Waals surface area contributed by atoms with Crippen LogP contribution in [0.25, 0.3) is 11.5 Å². The van der Waals surface area contributed by atoms with Crippen LogP contribution in [0, 0.1) is 5.92 Å². The van der Waals surface area contributed by atoms with Gasteiger partial charge >= 0.3 is 0 Å². The Morgan fingerprint density at radius 3 is 3.05 bits per heavy atom. The predicted molar refractivity (Wildman–Crippen MR) is 69.9 cm³/mol. The van der Waals surface area contributed by atoms with Gasteiger partial charge < -0.3 is 18.9 Å². The fourth-order valence-electron chi connectivity index (χ4n) is 2.31. The lowest BCUT2D eigenvalue weighted by molar-refractivity contribution is 0.0243. The summed E-state index contributed by atoms with van der Waals surface area (Å²) in [5.41, 5.74) is 0.234. The molecule has 0 spiro atoms. The molecule has 6 heteroatoms. The third kappa shape index (κ3) is 2.34. The molecule has 2 aromatic rings. The molecular weight excluding hydrogens is 260 g/mol. The molecule has 2 aromatic heterocycles. The second-order valence-corrected chi connectivity index (χ2v) is 5.14. The van der Waals surface area contributed by atoms with E-state index < -0.39 is 6.10 Å². The van der Waals surface area contributed by atoms with Crippen LogP contribution in [0.2, 0.25) is 0 Å². The van der Waals surface area contributed by atoms with Gasteiger partial charge in [0.2, 0.25) is 5.76 Å². The fourth-order valence-corrected chi connectivity index (χ4v) is 2.31. The Labute approximate surface area is 116 Å². The molecular formula is C14H16N2O4. The van der Waals surface area contributed by atoms with Gasteiger partial charge in [-0.3, -0.25) is 4.79 Å². The van der Waals surface area contributed by atoms with E-state index in [0.29, 0.717) is 24.6 Å². The number of furan rings is 1. The number of aliphatic hydroxyl groups excluding tert-OH is 1. The third-order valence-corrected chi connectivity index (χ3v) is 3.70. The van der Waals surface area contributed by atoms with Gasteiger partial charge in [-0.05, 0) is 24.5 Å². The number of amides is 1. The van der Waals surface area contributed by atoms with E-state index in [-0.39, 0.29) is 17.5 Å². The van der Waals surface area contributed by atoms with Crippen molar-refractivity contribution >= 4 is 5.91 Å². The second-order valence-electron chi connectivity index (χ2n) is 5.14. The molecule has 6 nitrogen and oxygen atoms in total. The maximum absolute atomic E-state index is 12.3. The van der Waals surface area contributed by atoms with Gasteiger partial charge in [-0.25, -0.2) is 0 Å². The van der Waals surface area contributed by atoms with Crippen molar-refractivity contribution < 1.29 is 18.8 Å². The maximum Gasteiger partial charge on any atom is 0.276 e. The molecule has 0 bridgehead atoms. The molecule has 1 saturated heterocycles. The number of likely N-dealkylation sites (tertiary alicyclic amines) is 1. The highest BCUT2D eigenvalue weighted by molar-refractivity contribution is 5.93. The summed E-state index contributed by atoms with van der Waals surface area (Å²) in [4.78, 5) is 13.9. The van der Waals surface area contributed by atoms with Crippen molar-refractivity contribution in [2.24, 2.45) is 5.92 Å². The summed E-state index contributed by atoms with van der Waals surface area (Å²) in [5, 5.41) is 13.6. The first-order chi connectivity index (χ1) is 9.65. The number of carbonyl (C=O) groups is 1. The van der Waals surface area contributed by atoms with E-state index in [4.69, 9.17) is 8.94 Å². The first kappa shape index (κ1) is 12.9. The van der Waals surface area contributed by atoms with Crippen LogP contribution in [0.15, 0.2) is 33.4 Å². The van der Waals surface area contributed by atoms with E-state index >= 15 is 0 Å². The van der Waals surface area contributed by atoms with Crippen molar-refractivity contribution in [3.63, 3.8) is 0 Å². The minimum atomic E-state index is -0.482. The normalized spacial score (nSPS) is 23.0. The fraction of sp³-hybridized carbons (Fsp3) is 0.429. The van der Waals surface area contributed by atoms with Crippen LogP contribution >= 0.6 is 0 Å². The zero-order valence-corrected chi connectivity index (χ0v) is 11.2. The highest BCUT2D eigenvalue weighted by atomic mass is 16.5. The molecule has 2 unspecified atom stereocenters. The summed E-state index contributed by atoms with van der Waals surface area (Å²) in [6.45, 7) is 2.94. The van der Waals surface area contributed by atoms with Gasteiger partial charge in [0.15, 0.2) is 11.5 Å². The predicted octanol–water partition coefficient (Wildman–Crippen LogP) is 1.78. The number of hydrogen-bond acceptors (Lipinski definition) is 5. The summed E-state index contributed by atoms with van der Waals surface area (Å²) in [6.07, 6.45) is 1.83. The van der Waals surface area contributed by atoms with E-state index in [1.807, 2.05) is 6.92 Å². The first-order valence-electron chi connectivity index (χ1n) is 6.63. The largest absolute Gasteiger partial charge is 0.461 e. The van der Waals surface area contributed by atoms with Gasteiger partial charge in [0.05, 0.1) is 12.4 Å². The second kappa shape index (κ2) is 5.13. The number of aromatic nitrogens is 1. The molecule has 1 aliphatic heterocycles. The van der Waals surface area contributed by atoms with E-state index in [9.17, 15) is 9.90 Å². The SMILES string of the molecule is CC1CCN(C(=O)c2cc(-c3ccco3)on2)CC1O. The van der Waals surface area contributed by atoms with Crippen LogP contribution in [-0.4, -0.2) is 40.3 Å². The highest BCUT2D eigenvalue weighted by Gasteiger charge is 2.29. The lowest BCUT2D eigenvalue weighted by Crippen LogP contribution is -2.45. The van der Waals surface area contributed by atoms with E-state index in [2.05, 4.69) is 5.16 Å². The molecule has 0 aromatic carbocycles. The molecule has 3 rings (SSSR count). The number of carbonyl (C=O) groups excluding carboxylic acids is 1. The molecule has 106 valence electrons. The molecule has 1 amide bonds. The van der Waals surface area contributed by atoms with E-state index in [1.54, 1.807) is 23.1 Å². The molecule has 1 N–H and O–H groups in total. The summed E-state index contributed by atoms with van der Waals surface area (Å²) in [6, 6.07) is 5.04. The first-order valence-corrected chi connectivity index (χ1v) is 6.63. The van der Waals surface area contributed by atoms with Crippen LogP contribution in [0.4, 0.5) is 0 Å². The Kier molecular flexibility index (Phi) is 3.31. The van der Waals surface area contributed by atoms with Crippen LogP contribution in [0.1, 0.15) is 23.8 Å². The molecule has 0 aliphatic carbocycles. The molecule has 0 saturated carbocycles. The minimum Gasteiger partial charge on any atom is -0.461 e. The highest BCUT2D eigenvalue weighted by Crippen LogP contribution is 2.23.